The number of hydrogen-bond acceptors (Lipinski definition) is 4. The molecule has 0 atom stereocenters. The molecule has 2 aromatic rings. The van der Waals surface area contributed by atoms with Crippen molar-refractivity contribution in [3.63, 3.8) is 0 Å². The van der Waals surface area contributed by atoms with Gasteiger partial charge in [0, 0.05) is 16.3 Å². The van der Waals surface area contributed by atoms with Crippen molar-refractivity contribution in [3.05, 3.63) is 33.0 Å². The lowest BCUT2D eigenvalue weighted by Crippen LogP contribution is -2.32. The summed E-state index contributed by atoms with van der Waals surface area (Å²) in [7, 11) is 0. The first-order valence-corrected chi connectivity index (χ1v) is 9.29. The average Bonchev–Trinajstić information content (AvgIpc) is 3.13. The largest absolute Gasteiger partial charge is 0.288 e. The molecule has 3 rings (SSSR count). The molecule has 0 radical (unpaired) electrons. The number of carbonyl (C=O) groups is 1. The fourth-order valence-electron chi connectivity index (χ4n) is 2.66. The summed E-state index contributed by atoms with van der Waals surface area (Å²) in [5.41, 5.74) is 1.23. The standard InChI is InChI=1S/C16H20N2OS2/c1-2-9-18(15(19)11-12-6-5-10-20-12)16-17-13-7-3-4-8-14(13)21-16/h5-6,10H,2-4,7-9,11H2,1H3. The lowest BCUT2D eigenvalue weighted by Gasteiger charge is -2.18. The highest BCUT2D eigenvalue weighted by Gasteiger charge is 2.22. The summed E-state index contributed by atoms with van der Waals surface area (Å²) in [6, 6.07) is 4.03. The first-order chi connectivity index (χ1) is 10.3. The molecule has 5 heteroatoms. The maximum atomic E-state index is 12.6. The van der Waals surface area contributed by atoms with Crippen molar-refractivity contribution < 1.29 is 4.79 Å². The van der Waals surface area contributed by atoms with Gasteiger partial charge in [-0.3, -0.25) is 9.69 Å². The second-order valence-electron chi connectivity index (χ2n) is 5.37. The molecule has 0 saturated carbocycles. The second-order valence-corrected chi connectivity index (χ2v) is 7.47. The molecular formula is C16H20N2OS2. The Morgan fingerprint density at radius 2 is 2.24 bits per heavy atom. The third kappa shape index (κ3) is 3.35. The Kier molecular flexibility index (Phi) is 4.70. The Labute approximate surface area is 133 Å². The molecule has 21 heavy (non-hydrogen) atoms. The molecule has 0 N–H and O–H groups in total. The molecule has 2 aromatic heterocycles. The van der Waals surface area contributed by atoms with E-state index in [1.807, 2.05) is 22.4 Å². The Balaban J connectivity index is 1.80. The summed E-state index contributed by atoms with van der Waals surface area (Å²) in [5, 5.41) is 2.93. The van der Waals surface area contributed by atoms with Gasteiger partial charge in [0.15, 0.2) is 5.13 Å². The molecule has 0 aliphatic heterocycles. The molecule has 0 spiro atoms. The number of anilines is 1. The highest BCUT2D eigenvalue weighted by atomic mass is 32.1. The lowest BCUT2D eigenvalue weighted by atomic mass is 10.0. The van der Waals surface area contributed by atoms with E-state index in [2.05, 4.69) is 6.92 Å². The van der Waals surface area contributed by atoms with Crippen LogP contribution in [0.3, 0.4) is 0 Å². The summed E-state index contributed by atoms with van der Waals surface area (Å²) in [6.45, 7) is 2.87. The SMILES string of the molecule is CCCN(C(=O)Cc1cccs1)c1nc2c(s1)CCCC2. The molecule has 3 nitrogen and oxygen atoms in total. The minimum Gasteiger partial charge on any atom is -0.288 e. The summed E-state index contributed by atoms with van der Waals surface area (Å²) in [5.74, 6) is 0.172. The van der Waals surface area contributed by atoms with Crippen LogP contribution in [0.2, 0.25) is 0 Å². The smallest absolute Gasteiger partial charge is 0.234 e. The van der Waals surface area contributed by atoms with E-state index in [9.17, 15) is 4.79 Å². The van der Waals surface area contributed by atoms with Crippen molar-refractivity contribution in [1.29, 1.82) is 0 Å². The Morgan fingerprint density at radius 1 is 1.38 bits per heavy atom. The van der Waals surface area contributed by atoms with Gasteiger partial charge in [-0.25, -0.2) is 4.98 Å². The lowest BCUT2D eigenvalue weighted by molar-refractivity contribution is -0.117. The molecule has 112 valence electrons. The molecule has 0 bridgehead atoms. The number of fused-ring (bicyclic) bond motifs is 1. The average molecular weight is 320 g/mol. The van der Waals surface area contributed by atoms with Gasteiger partial charge in [0.2, 0.25) is 5.91 Å². The number of rotatable bonds is 5. The number of hydrogen-bond donors (Lipinski definition) is 0. The number of amides is 1. The van der Waals surface area contributed by atoms with E-state index in [0.717, 1.165) is 35.8 Å². The van der Waals surface area contributed by atoms with Crippen molar-refractivity contribution in [1.82, 2.24) is 4.98 Å². The summed E-state index contributed by atoms with van der Waals surface area (Å²) in [6.07, 6.45) is 6.14. The van der Waals surface area contributed by atoms with E-state index in [1.165, 1.54) is 23.4 Å². The highest BCUT2D eigenvalue weighted by Crippen LogP contribution is 2.32. The van der Waals surface area contributed by atoms with Gasteiger partial charge < -0.3 is 0 Å². The number of thiophene rings is 1. The molecule has 0 fully saturated rings. The number of aryl methyl sites for hydroxylation is 2. The van der Waals surface area contributed by atoms with Crippen molar-refractivity contribution >= 4 is 33.7 Å². The van der Waals surface area contributed by atoms with Crippen LogP contribution < -0.4 is 4.90 Å². The zero-order chi connectivity index (χ0) is 14.7. The van der Waals surface area contributed by atoms with Crippen molar-refractivity contribution in [2.45, 2.75) is 45.4 Å². The Hall–Kier alpha value is -1.20. The molecule has 0 unspecified atom stereocenters. The molecular weight excluding hydrogens is 300 g/mol. The Morgan fingerprint density at radius 3 is 2.95 bits per heavy atom. The van der Waals surface area contributed by atoms with Crippen molar-refractivity contribution in [2.75, 3.05) is 11.4 Å². The molecule has 1 aliphatic rings. The number of carbonyl (C=O) groups excluding carboxylic acids is 1. The normalized spacial score (nSPS) is 14.0. The zero-order valence-electron chi connectivity index (χ0n) is 12.3. The van der Waals surface area contributed by atoms with E-state index >= 15 is 0 Å². The van der Waals surface area contributed by atoms with E-state index in [-0.39, 0.29) is 5.91 Å². The first-order valence-electron chi connectivity index (χ1n) is 7.59. The van der Waals surface area contributed by atoms with E-state index in [1.54, 1.807) is 22.7 Å². The second kappa shape index (κ2) is 6.71. The molecule has 1 aliphatic carbocycles. The van der Waals surface area contributed by atoms with Crippen LogP contribution in [-0.2, 0) is 24.1 Å². The van der Waals surface area contributed by atoms with Gasteiger partial charge in [0.25, 0.3) is 0 Å². The number of nitrogens with zero attached hydrogens (tertiary/aromatic N) is 2. The fourth-order valence-corrected chi connectivity index (χ4v) is 4.55. The van der Waals surface area contributed by atoms with Gasteiger partial charge in [-0.2, -0.15) is 0 Å². The third-order valence-electron chi connectivity index (χ3n) is 3.72. The fraction of sp³-hybridized carbons (Fsp3) is 0.500. The van der Waals surface area contributed by atoms with E-state index < -0.39 is 0 Å². The predicted octanol–water partition coefficient (Wildman–Crippen LogP) is 4.07. The summed E-state index contributed by atoms with van der Waals surface area (Å²) >= 11 is 3.37. The van der Waals surface area contributed by atoms with Gasteiger partial charge in [-0.15, -0.1) is 22.7 Å². The number of thiazole rings is 1. The molecule has 0 saturated heterocycles. The maximum Gasteiger partial charge on any atom is 0.234 e. The topological polar surface area (TPSA) is 33.2 Å². The van der Waals surface area contributed by atoms with Crippen LogP contribution in [0.1, 0.15) is 41.6 Å². The molecule has 0 aromatic carbocycles. The minimum atomic E-state index is 0.172. The third-order valence-corrected chi connectivity index (χ3v) is 5.78. The molecule has 1 amide bonds. The predicted molar refractivity (Wildman–Crippen MR) is 89.4 cm³/mol. The van der Waals surface area contributed by atoms with Crippen LogP contribution in [0.25, 0.3) is 0 Å². The van der Waals surface area contributed by atoms with Crippen LogP contribution in [0.5, 0.6) is 0 Å². The Bertz CT molecular complexity index is 580. The van der Waals surface area contributed by atoms with Crippen LogP contribution in [-0.4, -0.2) is 17.4 Å². The summed E-state index contributed by atoms with van der Waals surface area (Å²) in [4.78, 5) is 21.8. The van der Waals surface area contributed by atoms with Crippen LogP contribution in [0.4, 0.5) is 5.13 Å². The van der Waals surface area contributed by atoms with Crippen LogP contribution in [0, 0.1) is 0 Å². The van der Waals surface area contributed by atoms with Crippen molar-refractivity contribution in [2.24, 2.45) is 0 Å². The highest BCUT2D eigenvalue weighted by molar-refractivity contribution is 7.16. The monoisotopic (exact) mass is 320 g/mol. The first kappa shape index (κ1) is 14.7. The zero-order valence-corrected chi connectivity index (χ0v) is 13.9. The molecule has 2 heterocycles. The van der Waals surface area contributed by atoms with Crippen molar-refractivity contribution in [3.8, 4) is 0 Å². The summed E-state index contributed by atoms with van der Waals surface area (Å²) < 4.78 is 0. The van der Waals surface area contributed by atoms with Gasteiger partial charge in [0.1, 0.15) is 0 Å². The van der Waals surface area contributed by atoms with Gasteiger partial charge >= 0.3 is 0 Å². The quantitative estimate of drug-likeness (QED) is 0.832. The van der Waals surface area contributed by atoms with Gasteiger partial charge in [-0.05, 0) is 43.6 Å². The van der Waals surface area contributed by atoms with Gasteiger partial charge in [-0.1, -0.05) is 13.0 Å². The van der Waals surface area contributed by atoms with Crippen LogP contribution in [0.15, 0.2) is 17.5 Å². The van der Waals surface area contributed by atoms with E-state index in [0.29, 0.717) is 6.42 Å². The van der Waals surface area contributed by atoms with E-state index in [4.69, 9.17) is 4.98 Å². The number of aromatic nitrogens is 1. The van der Waals surface area contributed by atoms with Crippen LogP contribution >= 0.6 is 22.7 Å². The van der Waals surface area contributed by atoms with Gasteiger partial charge in [0.05, 0.1) is 12.1 Å². The maximum absolute atomic E-state index is 12.6. The minimum absolute atomic E-state index is 0.172.